The number of hydrogen-bond acceptors (Lipinski definition) is 6. The molecule has 2 heterocycles. The lowest BCUT2D eigenvalue weighted by Crippen LogP contribution is -2.25. The Bertz CT molecular complexity index is 1340. The molecule has 32 heavy (non-hydrogen) atoms. The van der Waals surface area contributed by atoms with E-state index in [1.807, 2.05) is 37.3 Å². The van der Waals surface area contributed by atoms with Gasteiger partial charge in [0.05, 0.1) is 25.3 Å². The van der Waals surface area contributed by atoms with Crippen LogP contribution in [0.3, 0.4) is 0 Å². The number of para-hydroxylation sites is 1. The third-order valence-electron chi connectivity index (χ3n) is 6.25. The average Bonchev–Trinajstić information content (AvgIpc) is 2.82. The molecule has 0 fully saturated rings. The van der Waals surface area contributed by atoms with Gasteiger partial charge in [-0.25, -0.2) is 4.98 Å². The highest BCUT2D eigenvalue weighted by Crippen LogP contribution is 2.44. The zero-order valence-corrected chi connectivity index (χ0v) is 18.3. The van der Waals surface area contributed by atoms with Crippen molar-refractivity contribution in [2.24, 2.45) is 0 Å². The summed E-state index contributed by atoms with van der Waals surface area (Å²) in [4.78, 5) is 22.0. The van der Waals surface area contributed by atoms with Gasteiger partial charge in [0.15, 0.2) is 5.43 Å². The summed E-state index contributed by atoms with van der Waals surface area (Å²) in [6, 6.07) is 17.1. The lowest BCUT2D eigenvalue weighted by molar-refractivity contribution is 0.364. The lowest BCUT2D eigenvalue weighted by atomic mass is 9.73. The summed E-state index contributed by atoms with van der Waals surface area (Å²) in [6.07, 6.45) is 1.32. The van der Waals surface area contributed by atoms with Crippen molar-refractivity contribution in [1.29, 1.82) is 0 Å². The summed E-state index contributed by atoms with van der Waals surface area (Å²) < 4.78 is 17.2. The van der Waals surface area contributed by atoms with Gasteiger partial charge < -0.3 is 13.9 Å². The number of fused-ring (bicyclic) bond motifs is 2. The van der Waals surface area contributed by atoms with E-state index in [0.717, 1.165) is 22.6 Å². The third-order valence-corrected chi connectivity index (χ3v) is 6.25. The number of aryl methyl sites for hydroxylation is 1. The maximum atomic E-state index is 12.8. The molecule has 6 nitrogen and oxygen atoms in total. The Morgan fingerprint density at radius 3 is 2.47 bits per heavy atom. The van der Waals surface area contributed by atoms with E-state index in [0.29, 0.717) is 41.3 Å². The number of ether oxygens (including phenoxy) is 2. The number of nitrogens with zero attached hydrogens (tertiary/aromatic N) is 2. The maximum absolute atomic E-state index is 12.8. The van der Waals surface area contributed by atoms with Crippen molar-refractivity contribution < 1.29 is 13.9 Å². The fourth-order valence-electron chi connectivity index (χ4n) is 4.69. The van der Waals surface area contributed by atoms with Gasteiger partial charge in [-0.15, -0.1) is 0 Å². The van der Waals surface area contributed by atoms with E-state index < -0.39 is 0 Å². The molecule has 0 radical (unpaired) electrons. The van der Waals surface area contributed by atoms with Crippen LogP contribution in [0, 0.1) is 6.92 Å². The molecule has 2 aromatic carbocycles. The normalized spacial score (nSPS) is 17.7. The Labute approximate surface area is 185 Å². The van der Waals surface area contributed by atoms with Crippen molar-refractivity contribution >= 4 is 11.0 Å². The topological polar surface area (TPSA) is 74.5 Å². The highest BCUT2D eigenvalue weighted by molar-refractivity contribution is 5.76. The summed E-state index contributed by atoms with van der Waals surface area (Å²) >= 11 is 0. The Hall–Kier alpha value is -3.67. The van der Waals surface area contributed by atoms with Crippen LogP contribution >= 0.6 is 0 Å². The minimum Gasteiger partial charge on any atom is -0.497 e. The largest absolute Gasteiger partial charge is 0.497 e. The Morgan fingerprint density at radius 1 is 0.938 bits per heavy atom. The Kier molecular flexibility index (Phi) is 5.13. The van der Waals surface area contributed by atoms with Gasteiger partial charge >= 0.3 is 0 Å². The first kappa shape index (κ1) is 20.2. The number of methoxy groups -OCH3 is 2. The molecule has 2 unspecified atom stereocenters. The van der Waals surface area contributed by atoms with Crippen LogP contribution in [0.2, 0.25) is 0 Å². The van der Waals surface area contributed by atoms with Gasteiger partial charge in [0.2, 0.25) is 5.88 Å². The number of aromatic nitrogens is 2. The highest BCUT2D eigenvalue weighted by atomic mass is 16.5. The SMILES string of the molecule is COc1ccc(C2Cc3c(nc(C)nc3OC)CC2c2cc(=O)c3ccccc3o2)cc1. The van der Waals surface area contributed by atoms with Crippen molar-refractivity contribution in [1.82, 2.24) is 9.97 Å². The molecule has 0 saturated heterocycles. The molecule has 2 aromatic heterocycles. The predicted octanol–water partition coefficient (Wildman–Crippen LogP) is 4.57. The van der Waals surface area contributed by atoms with Gasteiger partial charge in [-0.1, -0.05) is 24.3 Å². The van der Waals surface area contributed by atoms with Crippen LogP contribution in [0.5, 0.6) is 11.6 Å². The van der Waals surface area contributed by atoms with Crippen LogP contribution < -0.4 is 14.9 Å². The number of hydrogen-bond donors (Lipinski definition) is 0. The quantitative estimate of drug-likeness (QED) is 0.474. The van der Waals surface area contributed by atoms with Crippen molar-refractivity contribution in [3.8, 4) is 11.6 Å². The van der Waals surface area contributed by atoms with E-state index in [1.165, 1.54) is 0 Å². The van der Waals surface area contributed by atoms with E-state index in [9.17, 15) is 4.79 Å². The van der Waals surface area contributed by atoms with Crippen LogP contribution in [0.1, 0.15) is 40.2 Å². The molecule has 6 heteroatoms. The summed E-state index contributed by atoms with van der Waals surface area (Å²) in [5.41, 5.74) is 3.67. The first-order valence-electron chi connectivity index (χ1n) is 10.6. The summed E-state index contributed by atoms with van der Waals surface area (Å²) in [5.74, 6) is 2.78. The van der Waals surface area contributed by atoms with Gasteiger partial charge in [0, 0.05) is 24.0 Å². The van der Waals surface area contributed by atoms with E-state index in [4.69, 9.17) is 18.9 Å². The van der Waals surface area contributed by atoms with E-state index in [1.54, 1.807) is 26.4 Å². The van der Waals surface area contributed by atoms with Gasteiger partial charge in [-0.3, -0.25) is 4.79 Å². The predicted molar refractivity (Wildman–Crippen MR) is 122 cm³/mol. The molecule has 162 valence electrons. The average molecular weight is 428 g/mol. The first-order valence-corrected chi connectivity index (χ1v) is 10.6. The second-order valence-electron chi connectivity index (χ2n) is 8.11. The summed E-state index contributed by atoms with van der Waals surface area (Å²) in [6.45, 7) is 1.86. The third kappa shape index (κ3) is 3.51. The van der Waals surface area contributed by atoms with E-state index in [-0.39, 0.29) is 17.3 Å². The fraction of sp³-hybridized carbons (Fsp3) is 0.269. The molecule has 0 bridgehead atoms. The molecule has 1 aliphatic carbocycles. The van der Waals surface area contributed by atoms with Crippen LogP contribution in [0.15, 0.2) is 63.8 Å². The monoisotopic (exact) mass is 428 g/mol. The molecule has 0 amide bonds. The zero-order valence-electron chi connectivity index (χ0n) is 18.3. The molecule has 0 aliphatic heterocycles. The first-order chi connectivity index (χ1) is 15.6. The lowest BCUT2D eigenvalue weighted by Gasteiger charge is -2.33. The van der Waals surface area contributed by atoms with Crippen molar-refractivity contribution in [3.63, 3.8) is 0 Å². The smallest absolute Gasteiger partial charge is 0.219 e. The second kappa shape index (κ2) is 8.11. The summed E-state index contributed by atoms with van der Waals surface area (Å²) in [7, 11) is 3.29. The van der Waals surface area contributed by atoms with Crippen molar-refractivity contribution in [2.45, 2.75) is 31.6 Å². The van der Waals surface area contributed by atoms with Gasteiger partial charge in [0.1, 0.15) is 22.9 Å². The van der Waals surface area contributed by atoms with Gasteiger partial charge in [-0.2, -0.15) is 4.98 Å². The molecular formula is C26H24N2O4. The van der Waals surface area contributed by atoms with Crippen molar-refractivity contribution in [3.05, 3.63) is 93.2 Å². The molecule has 0 saturated carbocycles. The zero-order chi connectivity index (χ0) is 22.2. The number of rotatable bonds is 4. The van der Waals surface area contributed by atoms with Crippen LogP contribution in [0.25, 0.3) is 11.0 Å². The molecule has 1 aliphatic rings. The Balaban J connectivity index is 1.67. The van der Waals surface area contributed by atoms with E-state index >= 15 is 0 Å². The highest BCUT2D eigenvalue weighted by Gasteiger charge is 2.36. The van der Waals surface area contributed by atoms with Crippen LogP contribution in [-0.2, 0) is 12.8 Å². The standard InChI is InChI=1S/C26H24N2O4/c1-15-27-22-13-20(25-14-23(29)18-6-4-5-7-24(18)32-25)19(12-21(22)26(28-15)31-3)16-8-10-17(30-2)11-9-16/h4-11,14,19-20H,12-13H2,1-3H3. The maximum Gasteiger partial charge on any atom is 0.219 e. The van der Waals surface area contributed by atoms with Crippen LogP contribution in [-0.4, -0.2) is 24.2 Å². The molecule has 4 aromatic rings. The van der Waals surface area contributed by atoms with Crippen molar-refractivity contribution in [2.75, 3.05) is 14.2 Å². The minimum absolute atomic E-state index is 0.0300. The molecule has 5 rings (SSSR count). The van der Waals surface area contributed by atoms with E-state index in [2.05, 4.69) is 17.1 Å². The molecule has 0 N–H and O–H groups in total. The second-order valence-corrected chi connectivity index (χ2v) is 8.11. The minimum atomic E-state index is -0.0489. The Morgan fingerprint density at radius 2 is 1.72 bits per heavy atom. The van der Waals surface area contributed by atoms with Crippen LogP contribution in [0.4, 0.5) is 0 Å². The molecular weight excluding hydrogens is 404 g/mol. The fourth-order valence-corrected chi connectivity index (χ4v) is 4.69. The number of benzene rings is 2. The van der Waals surface area contributed by atoms with Gasteiger partial charge in [0.25, 0.3) is 0 Å². The molecule has 0 spiro atoms. The molecule has 2 atom stereocenters. The summed E-state index contributed by atoms with van der Waals surface area (Å²) in [5, 5.41) is 0.591. The van der Waals surface area contributed by atoms with Gasteiger partial charge in [-0.05, 0) is 49.1 Å².